The third kappa shape index (κ3) is 3.86. The molecule has 122 valence electrons. The number of guanidine groups is 1. The number of aliphatic imine (C=N–C) groups is 1. The number of nitrogens with one attached hydrogen (secondary N) is 2. The zero-order valence-corrected chi connectivity index (χ0v) is 15.1. The molecular weight excluding hydrogens is 319 g/mol. The van der Waals surface area contributed by atoms with Crippen molar-refractivity contribution in [1.82, 2.24) is 5.32 Å². The van der Waals surface area contributed by atoms with Crippen LogP contribution >= 0.6 is 23.2 Å². The van der Waals surface area contributed by atoms with E-state index in [0.717, 1.165) is 55.4 Å². The van der Waals surface area contributed by atoms with Gasteiger partial charge in [0, 0.05) is 12.1 Å². The van der Waals surface area contributed by atoms with Crippen molar-refractivity contribution in [2.45, 2.75) is 27.3 Å². The minimum absolute atomic E-state index is 0.639. The molecule has 0 atom stereocenters. The molecule has 1 heterocycles. The summed E-state index contributed by atoms with van der Waals surface area (Å²) in [7, 11) is 0. The molecule has 1 aromatic carbocycles. The number of hydrogen-bond donors (Lipinski definition) is 2. The molecule has 0 fully saturated rings. The van der Waals surface area contributed by atoms with Crippen molar-refractivity contribution >= 4 is 34.8 Å². The van der Waals surface area contributed by atoms with Gasteiger partial charge in [-0.25, -0.2) is 0 Å². The van der Waals surface area contributed by atoms with Crippen LogP contribution in [0.2, 0.25) is 10.0 Å². The molecule has 0 spiro atoms. The fourth-order valence-corrected chi connectivity index (χ4v) is 3.46. The first-order valence-corrected chi connectivity index (χ1v) is 8.67. The highest BCUT2D eigenvalue weighted by Gasteiger charge is 2.22. The van der Waals surface area contributed by atoms with Gasteiger partial charge in [0.05, 0.1) is 41.9 Å². The summed E-state index contributed by atoms with van der Waals surface area (Å²) in [5.74, 6) is 0.734. The Morgan fingerprint density at radius 2 is 1.73 bits per heavy atom. The number of quaternary nitrogens is 1. The second-order valence-electron chi connectivity index (χ2n) is 5.67. The molecule has 0 bridgehead atoms. The molecule has 6 heteroatoms. The summed E-state index contributed by atoms with van der Waals surface area (Å²) in [5, 5.41) is 7.62. The molecule has 1 aliphatic heterocycles. The standard InChI is InChI=1S/C16H25Cl2N4/c1-4-22(5-2,6-3)11-12-9-13(17)15(14(18)10-12)21-16-19-7-8-20-16/h9-10H,4-8,11H2,1-3H3,(H2,19,20,21)/q+1. The molecule has 0 saturated carbocycles. The van der Waals surface area contributed by atoms with E-state index in [1.807, 2.05) is 12.1 Å². The Kier molecular flexibility index (Phi) is 5.95. The van der Waals surface area contributed by atoms with Crippen LogP contribution < -0.4 is 10.6 Å². The fraction of sp³-hybridized carbons (Fsp3) is 0.562. The molecule has 0 radical (unpaired) electrons. The van der Waals surface area contributed by atoms with Crippen molar-refractivity contribution in [3.63, 3.8) is 0 Å². The quantitative estimate of drug-likeness (QED) is 0.772. The minimum Gasteiger partial charge on any atom is -0.354 e. The summed E-state index contributed by atoms with van der Waals surface area (Å²) < 4.78 is 1.04. The Hall–Kier alpha value is -0.970. The Morgan fingerprint density at radius 3 is 2.18 bits per heavy atom. The number of halogens is 2. The molecule has 22 heavy (non-hydrogen) atoms. The van der Waals surface area contributed by atoms with Crippen LogP contribution in [0.3, 0.4) is 0 Å². The van der Waals surface area contributed by atoms with Crippen molar-refractivity contribution in [2.24, 2.45) is 4.99 Å². The number of hydrogen-bond acceptors (Lipinski definition) is 3. The lowest BCUT2D eigenvalue weighted by Gasteiger charge is -2.36. The molecule has 4 nitrogen and oxygen atoms in total. The lowest BCUT2D eigenvalue weighted by Crippen LogP contribution is -2.46. The molecule has 0 amide bonds. The van der Waals surface area contributed by atoms with Crippen LogP contribution in [-0.4, -0.2) is 43.2 Å². The summed E-state index contributed by atoms with van der Waals surface area (Å²) in [5.41, 5.74) is 1.90. The molecule has 1 aliphatic rings. The summed E-state index contributed by atoms with van der Waals surface area (Å²) in [6.45, 7) is 12.6. The topological polar surface area (TPSA) is 36.4 Å². The predicted molar refractivity (Wildman–Crippen MR) is 96.0 cm³/mol. The van der Waals surface area contributed by atoms with E-state index in [9.17, 15) is 0 Å². The van der Waals surface area contributed by atoms with Gasteiger partial charge in [-0.3, -0.25) is 4.99 Å². The largest absolute Gasteiger partial charge is 0.354 e. The van der Waals surface area contributed by atoms with Crippen LogP contribution in [0.25, 0.3) is 0 Å². The van der Waals surface area contributed by atoms with E-state index in [4.69, 9.17) is 23.2 Å². The van der Waals surface area contributed by atoms with Gasteiger partial charge >= 0.3 is 0 Å². The maximum Gasteiger partial charge on any atom is 0.196 e. The van der Waals surface area contributed by atoms with Crippen LogP contribution in [0.15, 0.2) is 17.1 Å². The molecule has 1 aromatic rings. The highest BCUT2D eigenvalue weighted by atomic mass is 35.5. The monoisotopic (exact) mass is 343 g/mol. The normalized spacial score (nSPS) is 14.7. The van der Waals surface area contributed by atoms with Gasteiger partial charge in [0.25, 0.3) is 0 Å². The van der Waals surface area contributed by atoms with Crippen molar-refractivity contribution in [2.75, 3.05) is 38.0 Å². The number of nitrogens with zero attached hydrogens (tertiary/aromatic N) is 2. The molecule has 0 saturated heterocycles. The van der Waals surface area contributed by atoms with Crippen LogP contribution in [-0.2, 0) is 6.54 Å². The molecular formula is C16H25Cl2N4+. The van der Waals surface area contributed by atoms with Gasteiger partial charge in [-0.15, -0.1) is 0 Å². The first-order chi connectivity index (χ1) is 10.5. The average molecular weight is 344 g/mol. The van der Waals surface area contributed by atoms with Crippen molar-refractivity contribution < 1.29 is 4.48 Å². The summed E-state index contributed by atoms with van der Waals surface area (Å²) in [6, 6.07) is 4.03. The number of anilines is 1. The molecule has 0 aromatic heterocycles. The Morgan fingerprint density at radius 1 is 1.14 bits per heavy atom. The molecule has 0 aliphatic carbocycles. The van der Waals surface area contributed by atoms with E-state index in [-0.39, 0.29) is 0 Å². The van der Waals surface area contributed by atoms with Crippen molar-refractivity contribution in [3.8, 4) is 0 Å². The Balaban J connectivity index is 2.22. The Labute approximate surface area is 143 Å². The number of benzene rings is 1. The van der Waals surface area contributed by atoms with Gasteiger partial charge < -0.3 is 15.1 Å². The lowest BCUT2D eigenvalue weighted by molar-refractivity contribution is -0.936. The van der Waals surface area contributed by atoms with Crippen molar-refractivity contribution in [1.29, 1.82) is 0 Å². The van der Waals surface area contributed by atoms with Gasteiger partial charge in [-0.05, 0) is 32.9 Å². The number of rotatable bonds is 6. The van der Waals surface area contributed by atoms with Gasteiger partial charge in [-0.1, -0.05) is 23.2 Å². The lowest BCUT2D eigenvalue weighted by atomic mass is 10.1. The second-order valence-corrected chi connectivity index (χ2v) is 6.48. The summed E-state index contributed by atoms with van der Waals surface area (Å²) >= 11 is 12.9. The van der Waals surface area contributed by atoms with Crippen LogP contribution in [0.1, 0.15) is 26.3 Å². The average Bonchev–Trinajstić information content (AvgIpc) is 3.02. The van der Waals surface area contributed by atoms with Gasteiger partial charge in [-0.2, -0.15) is 0 Å². The fourth-order valence-electron chi connectivity index (χ4n) is 2.83. The summed E-state index contributed by atoms with van der Waals surface area (Å²) in [6.07, 6.45) is 0. The minimum atomic E-state index is 0.639. The van der Waals surface area contributed by atoms with Gasteiger partial charge in [0.15, 0.2) is 5.96 Å². The third-order valence-corrected chi connectivity index (χ3v) is 5.15. The Bertz CT molecular complexity index is 522. The van der Waals surface area contributed by atoms with E-state index >= 15 is 0 Å². The predicted octanol–water partition coefficient (Wildman–Crippen LogP) is 3.74. The molecule has 0 unspecified atom stereocenters. The van der Waals surface area contributed by atoms with E-state index in [2.05, 4.69) is 36.4 Å². The highest BCUT2D eigenvalue weighted by molar-refractivity contribution is 6.39. The first kappa shape index (κ1) is 17.4. The zero-order valence-electron chi connectivity index (χ0n) is 13.5. The van der Waals surface area contributed by atoms with Gasteiger partial charge in [0.1, 0.15) is 6.54 Å². The molecule has 2 N–H and O–H groups in total. The molecule has 2 rings (SSSR count). The van der Waals surface area contributed by atoms with E-state index in [0.29, 0.717) is 10.0 Å². The first-order valence-electron chi connectivity index (χ1n) is 7.92. The third-order valence-electron chi connectivity index (χ3n) is 4.55. The van der Waals surface area contributed by atoms with E-state index < -0.39 is 0 Å². The van der Waals surface area contributed by atoms with Crippen molar-refractivity contribution in [3.05, 3.63) is 27.7 Å². The van der Waals surface area contributed by atoms with Crippen LogP contribution in [0, 0.1) is 0 Å². The van der Waals surface area contributed by atoms with Gasteiger partial charge in [0.2, 0.25) is 0 Å². The van der Waals surface area contributed by atoms with Crippen LogP contribution in [0.4, 0.5) is 5.69 Å². The summed E-state index contributed by atoms with van der Waals surface area (Å²) in [4.78, 5) is 4.31. The maximum atomic E-state index is 6.43. The zero-order chi connectivity index (χ0) is 16.2. The van der Waals surface area contributed by atoms with Crippen LogP contribution in [0.5, 0.6) is 0 Å². The highest BCUT2D eigenvalue weighted by Crippen LogP contribution is 2.33. The second kappa shape index (κ2) is 7.53. The SMILES string of the molecule is CC[N+](CC)(CC)Cc1cc(Cl)c(NC2=NCCN2)c(Cl)c1. The van der Waals surface area contributed by atoms with E-state index in [1.54, 1.807) is 0 Å². The smallest absolute Gasteiger partial charge is 0.196 e. The maximum absolute atomic E-state index is 6.43. The van der Waals surface area contributed by atoms with E-state index in [1.165, 1.54) is 5.56 Å².